The van der Waals surface area contributed by atoms with Gasteiger partial charge in [-0.2, -0.15) is 0 Å². The summed E-state index contributed by atoms with van der Waals surface area (Å²) >= 11 is 0. The van der Waals surface area contributed by atoms with Crippen molar-refractivity contribution in [3.63, 3.8) is 0 Å². The normalized spacial score (nSPS) is 16.3. The van der Waals surface area contributed by atoms with Crippen LogP contribution in [0.1, 0.15) is 24.6 Å². The molecule has 1 N–H and O–H groups in total. The highest BCUT2D eigenvalue weighted by molar-refractivity contribution is 5.91. The first-order valence-electron chi connectivity index (χ1n) is 8.85. The Balaban J connectivity index is 1.56. The number of rotatable bonds is 4. The van der Waals surface area contributed by atoms with Gasteiger partial charge < -0.3 is 19.4 Å². The van der Waals surface area contributed by atoms with E-state index in [0.29, 0.717) is 12.3 Å². The third-order valence-corrected chi connectivity index (χ3v) is 4.56. The second kappa shape index (κ2) is 7.53. The van der Waals surface area contributed by atoms with E-state index < -0.39 is 5.82 Å². The summed E-state index contributed by atoms with van der Waals surface area (Å²) in [7, 11) is 0. The molecule has 2 heterocycles. The van der Waals surface area contributed by atoms with Crippen LogP contribution < -0.4 is 10.1 Å². The van der Waals surface area contributed by atoms with Crippen LogP contribution >= 0.6 is 0 Å². The molecule has 0 aliphatic carbocycles. The summed E-state index contributed by atoms with van der Waals surface area (Å²) in [5.41, 5.74) is 0.0245. The van der Waals surface area contributed by atoms with Crippen LogP contribution in [0.25, 0.3) is 0 Å². The number of amides is 2. The van der Waals surface area contributed by atoms with Crippen molar-refractivity contribution in [2.45, 2.75) is 18.9 Å². The number of carbonyl (C=O) groups is 1. The quantitative estimate of drug-likeness (QED) is 0.656. The summed E-state index contributed by atoms with van der Waals surface area (Å²) in [5, 5.41) is 2.68. The molecule has 3 aromatic rings. The van der Waals surface area contributed by atoms with Crippen molar-refractivity contribution < 1.29 is 18.3 Å². The number of hydrogen-bond donors (Lipinski definition) is 1. The third-order valence-electron chi connectivity index (χ3n) is 4.56. The second-order valence-corrected chi connectivity index (χ2v) is 6.33. The van der Waals surface area contributed by atoms with Crippen molar-refractivity contribution in [3.05, 3.63) is 78.5 Å². The van der Waals surface area contributed by atoms with Crippen molar-refractivity contribution in [1.82, 2.24) is 4.90 Å². The van der Waals surface area contributed by atoms with Crippen molar-refractivity contribution in [1.29, 1.82) is 0 Å². The molecule has 1 fully saturated rings. The first kappa shape index (κ1) is 17.1. The second-order valence-electron chi connectivity index (χ2n) is 6.33. The molecule has 1 saturated heterocycles. The summed E-state index contributed by atoms with van der Waals surface area (Å²) < 4.78 is 25.7. The SMILES string of the molecule is O=C(Nc1c(F)cccc1Oc1ccccc1)N1CCCC1c1ccco1. The minimum absolute atomic E-state index is 0.0245. The van der Waals surface area contributed by atoms with Gasteiger partial charge in [-0.3, -0.25) is 0 Å². The average molecular weight is 366 g/mol. The molecule has 27 heavy (non-hydrogen) atoms. The summed E-state index contributed by atoms with van der Waals surface area (Å²) in [5.74, 6) is 0.999. The molecule has 1 aliphatic heterocycles. The summed E-state index contributed by atoms with van der Waals surface area (Å²) in [6.45, 7) is 0.584. The molecule has 1 atom stereocenters. The maximum Gasteiger partial charge on any atom is 0.322 e. The molecule has 1 aliphatic rings. The van der Waals surface area contributed by atoms with Gasteiger partial charge in [0, 0.05) is 6.54 Å². The molecule has 0 spiro atoms. The Morgan fingerprint density at radius 3 is 2.74 bits per heavy atom. The molecule has 1 aromatic heterocycles. The highest BCUT2D eigenvalue weighted by Gasteiger charge is 2.32. The fourth-order valence-electron chi connectivity index (χ4n) is 3.29. The molecule has 0 bridgehead atoms. The monoisotopic (exact) mass is 366 g/mol. The first-order valence-corrected chi connectivity index (χ1v) is 8.85. The molecule has 1 unspecified atom stereocenters. The average Bonchev–Trinajstić information content (AvgIpc) is 3.36. The number of likely N-dealkylation sites (tertiary alicyclic amines) is 1. The van der Waals surface area contributed by atoms with Crippen LogP contribution in [0.5, 0.6) is 11.5 Å². The predicted octanol–water partition coefficient (Wildman–Crippen LogP) is 5.58. The standard InChI is InChI=1S/C21H19FN2O3/c22-16-9-4-11-19(27-15-7-2-1-3-8-15)20(16)23-21(25)24-13-5-10-17(24)18-12-6-14-26-18/h1-4,6-9,11-12,14,17H,5,10,13H2,(H,23,25). The van der Waals surface area contributed by atoms with Gasteiger partial charge in [-0.15, -0.1) is 0 Å². The summed E-state index contributed by atoms with van der Waals surface area (Å²) in [6, 6.07) is 16.6. The van der Waals surface area contributed by atoms with Gasteiger partial charge in [-0.05, 0) is 49.2 Å². The van der Waals surface area contributed by atoms with E-state index in [1.165, 1.54) is 6.07 Å². The molecular formula is C21H19FN2O3. The minimum Gasteiger partial charge on any atom is -0.467 e. The zero-order chi connectivity index (χ0) is 18.6. The zero-order valence-corrected chi connectivity index (χ0v) is 14.6. The molecule has 0 saturated carbocycles. The third kappa shape index (κ3) is 3.65. The summed E-state index contributed by atoms with van der Waals surface area (Å²) in [6.07, 6.45) is 3.27. The van der Waals surface area contributed by atoms with Gasteiger partial charge in [-0.1, -0.05) is 24.3 Å². The maximum absolute atomic E-state index is 14.4. The number of hydrogen-bond acceptors (Lipinski definition) is 3. The summed E-state index contributed by atoms with van der Waals surface area (Å²) in [4.78, 5) is 14.5. The van der Waals surface area contributed by atoms with Gasteiger partial charge in [-0.25, -0.2) is 9.18 Å². The van der Waals surface area contributed by atoms with Crippen LogP contribution in [-0.2, 0) is 0 Å². The van der Waals surface area contributed by atoms with E-state index in [0.717, 1.165) is 18.6 Å². The Morgan fingerprint density at radius 2 is 1.96 bits per heavy atom. The largest absolute Gasteiger partial charge is 0.467 e. The first-order chi connectivity index (χ1) is 13.2. The Hall–Kier alpha value is -3.28. The van der Waals surface area contributed by atoms with Gasteiger partial charge in [0.2, 0.25) is 0 Å². The van der Waals surface area contributed by atoms with Crippen LogP contribution in [-0.4, -0.2) is 17.5 Å². The topological polar surface area (TPSA) is 54.7 Å². The number of nitrogens with one attached hydrogen (secondary N) is 1. The van der Waals surface area contributed by atoms with E-state index >= 15 is 0 Å². The maximum atomic E-state index is 14.4. The molecular weight excluding hydrogens is 347 g/mol. The van der Waals surface area contributed by atoms with Crippen molar-refractivity contribution >= 4 is 11.7 Å². The van der Waals surface area contributed by atoms with Crippen molar-refractivity contribution in [2.75, 3.05) is 11.9 Å². The Kier molecular flexibility index (Phi) is 4.78. The van der Waals surface area contributed by atoms with E-state index in [-0.39, 0.29) is 23.5 Å². The molecule has 5 nitrogen and oxygen atoms in total. The number of urea groups is 1. The number of ether oxygens (including phenoxy) is 1. The van der Waals surface area contributed by atoms with Crippen molar-refractivity contribution in [2.24, 2.45) is 0 Å². The minimum atomic E-state index is -0.550. The van der Waals surface area contributed by atoms with Crippen LogP contribution in [0.3, 0.4) is 0 Å². The number of furan rings is 1. The predicted molar refractivity (Wildman–Crippen MR) is 99.3 cm³/mol. The lowest BCUT2D eigenvalue weighted by molar-refractivity contribution is 0.199. The van der Waals surface area contributed by atoms with E-state index in [9.17, 15) is 9.18 Å². The van der Waals surface area contributed by atoms with Gasteiger partial charge in [0.1, 0.15) is 17.2 Å². The van der Waals surface area contributed by atoms with E-state index in [1.807, 2.05) is 24.3 Å². The molecule has 4 rings (SSSR count). The Bertz CT molecular complexity index is 912. The van der Waals surface area contributed by atoms with Crippen molar-refractivity contribution in [3.8, 4) is 11.5 Å². The van der Waals surface area contributed by atoms with Crippen LogP contribution in [0.4, 0.5) is 14.9 Å². The van der Waals surface area contributed by atoms with E-state index in [4.69, 9.17) is 9.15 Å². The van der Waals surface area contributed by atoms with Crippen LogP contribution in [0, 0.1) is 5.82 Å². The van der Waals surface area contributed by atoms with Crippen LogP contribution in [0.2, 0.25) is 0 Å². The number of para-hydroxylation sites is 2. The van der Waals surface area contributed by atoms with Gasteiger partial charge in [0.25, 0.3) is 0 Å². The van der Waals surface area contributed by atoms with E-state index in [1.54, 1.807) is 41.5 Å². The fourth-order valence-corrected chi connectivity index (χ4v) is 3.29. The lowest BCUT2D eigenvalue weighted by Crippen LogP contribution is -2.34. The number of benzene rings is 2. The van der Waals surface area contributed by atoms with Gasteiger partial charge >= 0.3 is 6.03 Å². The van der Waals surface area contributed by atoms with Crippen LogP contribution in [0.15, 0.2) is 71.3 Å². The Labute approximate surface area is 156 Å². The molecule has 0 radical (unpaired) electrons. The Morgan fingerprint density at radius 1 is 1.11 bits per heavy atom. The fraction of sp³-hybridized carbons (Fsp3) is 0.190. The lowest BCUT2D eigenvalue weighted by Gasteiger charge is -2.24. The van der Waals surface area contributed by atoms with Gasteiger partial charge in [0.05, 0.1) is 12.3 Å². The number of halogens is 1. The molecule has 6 heteroatoms. The smallest absolute Gasteiger partial charge is 0.322 e. The number of anilines is 1. The van der Waals surface area contributed by atoms with E-state index in [2.05, 4.69) is 5.32 Å². The molecule has 138 valence electrons. The lowest BCUT2D eigenvalue weighted by atomic mass is 10.2. The number of nitrogens with zero attached hydrogens (tertiary/aromatic N) is 1. The van der Waals surface area contributed by atoms with Gasteiger partial charge in [0.15, 0.2) is 11.6 Å². The molecule has 2 aromatic carbocycles. The molecule has 2 amide bonds. The highest BCUT2D eigenvalue weighted by atomic mass is 19.1. The highest BCUT2D eigenvalue weighted by Crippen LogP contribution is 2.35. The zero-order valence-electron chi connectivity index (χ0n) is 14.6. The number of carbonyl (C=O) groups excluding carboxylic acids is 1.